The number of anilines is 1. The molecule has 3 heteroatoms. The molecule has 2 aromatic rings. The number of rotatable bonds is 4. The van der Waals surface area contributed by atoms with E-state index in [1.807, 2.05) is 0 Å². The van der Waals surface area contributed by atoms with Crippen molar-refractivity contribution in [2.45, 2.75) is 27.2 Å². The van der Waals surface area contributed by atoms with Crippen LogP contribution in [0.25, 0.3) is 11.3 Å². The van der Waals surface area contributed by atoms with Gasteiger partial charge in [-0.05, 0) is 25.8 Å². The Labute approximate surface area is 107 Å². The third kappa shape index (κ3) is 2.67. The van der Waals surface area contributed by atoms with E-state index in [-0.39, 0.29) is 0 Å². The molecule has 0 aliphatic carbocycles. The first kappa shape index (κ1) is 12.1. The van der Waals surface area contributed by atoms with Crippen molar-refractivity contribution in [1.29, 1.82) is 0 Å². The molecule has 0 radical (unpaired) electrons. The number of hydrogen-bond acceptors (Lipinski definition) is 3. The number of nitrogens with one attached hydrogen (secondary N) is 1. The van der Waals surface area contributed by atoms with Crippen molar-refractivity contribution in [3.63, 3.8) is 0 Å². The van der Waals surface area contributed by atoms with E-state index in [9.17, 15) is 0 Å². The van der Waals surface area contributed by atoms with Gasteiger partial charge in [0.15, 0.2) is 5.13 Å². The summed E-state index contributed by atoms with van der Waals surface area (Å²) in [7, 11) is 0. The Hall–Kier alpha value is -1.35. The quantitative estimate of drug-likeness (QED) is 0.878. The molecule has 0 aliphatic heterocycles. The van der Waals surface area contributed by atoms with Crippen molar-refractivity contribution in [1.82, 2.24) is 4.98 Å². The predicted octanol–water partition coefficient (Wildman–Crippen LogP) is 4.11. The van der Waals surface area contributed by atoms with Crippen molar-refractivity contribution >= 4 is 16.5 Å². The minimum absolute atomic E-state index is 0.918. The maximum Gasteiger partial charge on any atom is 0.183 e. The van der Waals surface area contributed by atoms with E-state index < -0.39 is 0 Å². The molecule has 1 N–H and O–H groups in total. The smallest absolute Gasteiger partial charge is 0.183 e. The Morgan fingerprint density at radius 1 is 1.18 bits per heavy atom. The summed E-state index contributed by atoms with van der Waals surface area (Å²) in [6.45, 7) is 7.31. The lowest BCUT2D eigenvalue weighted by Crippen LogP contribution is -1.94. The van der Waals surface area contributed by atoms with Gasteiger partial charge in [0.1, 0.15) is 0 Å². The van der Waals surface area contributed by atoms with Gasteiger partial charge in [0.25, 0.3) is 0 Å². The number of hydrogen-bond donors (Lipinski definition) is 1. The van der Waals surface area contributed by atoms with Gasteiger partial charge in [-0.15, -0.1) is 11.3 Å². The fraction of sp³-hybridized carbons (Fsp3) is 0.357. The summed E-state index contributed by atoms with van der Waals surface area (Å²) >= 11 is 1.72. The molecule has 0 spiro atoms. The first-order chi connectivity index (χ1) is 8.24. The van der Waals surface area contributed by atoms with Crippen LogP contribution in [-0.2, 0) is 6.42 Å². The number of benzene rings is 1. The average Bonchev–Trinajstić information content (AvgIpc) is 2.71. The Morgan fingerprint density at radius 2 is 1.88 bits per heavy atom. The molecule has 1 heterocycles. The van der Waals surface area contributed by atoms with Gasteiger partial charge in [0.05, 0.1) is 5.69 Å². The molecular formula is C14H18N2S. The van der Waals surface area contributed by atoms with E-state index in [0.717, 1.165) is 23.8 Å². The zero-order valence-electron chi connectivity index (χ0n) is 10.6. The van der Waals surface area contributed by atoms with Gasteiger partial charge in [0, 0.05) is 17.0 Å². The maximum absolute atomic E-state index is 4.63. The lowest BCUT2D eigenvalue weighted by atomic mass is 10.1. The monoisotopic (exact) mass is 246 g/mol. The molecule has 2 nitrogen and oxygen atoms in total. The fourth-order valence-corrected chi connectivity index (χ4v) is 2.69. The number of aryl methyl sites for hydroxylation is 2. The predicted molar refractivity (Wildman–Crippen MR) is 75.8 cm³/mol. The maximum atomic E-state index is 4.63. The topological polar surface area (TPSA) is 24.9 Å². The van der Waals surface area contributed by atoms with Gasteiger partial charge in [0.2, 0.25) is 0 Å². The summed E-state index contributed by atoms with van der Waals surface area (Å²) in [4.78, 5) is 5.90. The fourth-order valence-electron chi connectivity index (χ4n) is 1.79. The molecule has 1 aromatic heterocycles. The number of aromatic nitrogens is 1. The Morgan fingerprint density at radius 3 is 2.47 bits per heavy atom. The molecule has 90 valence electrons. The lowest BCUT2D eigenvalue weighted by molar-refractivity contribution is 1.14. The minimum atomic E-state index is 0.918. The van der Waals surface area contributed by atoms with E-state index >= 15 is 0 Å². The molecule has 0 saturated carbocycles. The van der Waals surface area contributed by atoms with E-state index in [0.29, 0.717) is 0 Å². The van der Waals surface area contributed by atoms with Gasteiger partial charge in [-0.3, -0.25) is 0 Å². The van der Waals surface area contributed by atoms with Crippen LogP contribution < -0.4 is 5.32 Å². The van der Waals surface area contributed by atoms with Crippen LogP contribution in [0, 0.1) is 6.92 Å². The molecular weight excluding hydrogens is 228 g/mol. The highest BCUT2D eigenvalue weighted by atomic mass is 32.1. The normalized spacial score (nSPS) is 10.5. The van der Waals surface area contributed by atoms with Crippen LogP contribution in [0.2, 0.25) is 0 Å². The second kappa shape index (κ2) is 5.32. The van der Waals surface area contributed by atoms with Crippen LogP contribution in [0.3, 0.4) is 0 Å². The van der Waals surface area contributed by atoms with Gasteiger partial charge < -0.3 is 5.32 Å². The van der Waals surface area contributed by atoms with Crippen LogP contribution in [0.1, 0.15) is 24.3 Å². The molecule has 0 fully saturated rings. The van der Waals surface area contributed by atoms with Crippen LogP contribution in [0.5, 0.6) is 0 Å². The third-order valence-electron chi connectivity index (χ3n) is 2.76. The number of nitrogens with zero attached hydrogens (tertiary/aromatic N) is 1. The zero-order valence-corrected chi connectivity index (χ0v) is 11.4. The summed E-state index contributed by atoms with van der Waals surface area (Å²) < 4.78 is 0. The SMILES string of the molecule is CCNc1nc(-c2ccc(CC)cc2)c(C)s1. The summed E-state index contributed by atoms with van der Waals surface area (Å²) in [5, 5.41) is 4.28. The highest BCUT2D eigenvalue weighted by molar-refractivity contribution is 7.16. The van der Waals surface area contributed by atoms with Crippen molar-refractivity contribution in [3.8, 4) is 11.3 Å². The van der Waals surface area contributed by atoms with Crippen molar-refractivity contribution in [2.75, 3.05) is 11.9 Å². The molecule has 17 heavy (non-hydrogen) atoms. The summed E-state index contributed by atoms with van der Waals surface area (Å²) in [5.74, 6) is 0. The standard InChI is InChI=1S/C14H18N2S/c1-4-11-6-8-12(9-7-11)13-10(3)17-14(16-13)15-5-2/h6-9H,4-5H2,1-3H3,(H,15,16). The van der Waals surface area contributed by atoms with Gasteiger partial charge in [-0.25, -0.2) is 4.98 Å². The lowest BCUT2D eigenvalue weighted by Gasteiger charge is -2.00. The molecule has 0 bridgehead atoms. The number of thiazole rings is 1. The minimum Gasteiger partial charge on any atom is -0.362 e. The van der Waals surface area contributed by atoms with Gasteiger partial charge in [-0.2, -0.15) is 0 Å². The second-order valence-corrected chi connectivity index (χ2v) is 5.21. The molecule has 0 amide bonds. The highest BCUT2D eigenvalue weighted by Crippen LogP contribution is 2.30. The Balaban J connectivity index is 2.31. The van der Waals surface area contributed by atoms with Gasteiger partial charge >= 0.3 is 0 Å². The molecule has 0 atom stereocenters. The van der Waals surface area contributed by atoms with Crippen LogP contribution in [-0.4, -0.2) is 11.5 Å². The summed E-state index contributed by atoms with van der Waals surface area (Å²) in [5.41, 5.74) is 3.68. The van der Waals surface area contributed by atoms with Crippen molar-refractivity contribution < 1.29 is 0 Å². The van der Waals surface area contributed by atoms with Crippen LogP contribution >= 0.6 is 11.3 Å². The van der Waals surface area contributed by atoms with E-state index in [1.165, 1.54) is 16.0 Å². The summed E-state index contributed by atoms with van der Waals surface area (Å²) in [6, 6.07) is 8.69. The zero-order chi connectivity index (χ0) is 12.3. The first-order valence-electron chi connectivity index (χ1n) is 6.05. The van der Waals surface area contributed by atoms with E-state index in [1.54, 1.807) is 11.3 Å². The molecule has 1 aromatic carbocycles. The highest BCUT2D eigenvalue weighted by Gasteiger charge is 2.08. The van der Waals surface area contributed by atoms with Crippen molar-refractivity contribution in [3.05, 3.63) is 34.7 Å². The average molecular weight is 246 g/mol. The first-order valence-corrected chi connectivity index (χ1v) is 6.86. The van der Waals surface area contributed by atoms with Crippen LogP contribution in [0.15, 0.2) is 24.3 Å². The second-order valence-electron chi connectivity index (χ2n) is 4.00. The molecule has 2 rings (SSSR count). The largest absolute Gasteiger partial charge is 0.362 e. The molecule has 0 unspecified atom stereocenters. The van der Waals surface area contributed by atoms with Crippen molar-refractivity contribution in [2.24, 2.45) is 0 Å². The third-order valence-corrected chi connectivity index (χ3v) is 3.69. The van der Waals surface area contributed by atoms with Crippen LogP contribution in [0.4, 0.5) is 5.13 Å². The summed E-state index contributed by atoms with van der Waals surface area (Å²) in [6.07, 6.45) is 1.08. The molecule has 0 aliphatic rings. The van der Waals surface area contributed by atoms with E-state index in [4.69, 9.17) is 0 Å². The molecule has 0 saturated heterocycles. The Kier molecular flexibility index (Phi) is 3.79. The Bertz CT molecular complexity index is 485. The van der Waals surface area contributed by atoms with E-state index in [2.05, 4.69) is 55.3 Å². The van der Waals surface area contributed by atoms with Gasteiger partial charge in [-0.1, -0.05) is 31.2 Å².